The molecule has 0 saturated heterocycles. The van der Waals surface area contributed by atoms with E-state index in [1.165, 1.54) is 24.5 Å². The van der Waals surface area contributed by atoms with E-state index in [9.17, 15) is 13.2 Å². The van der Waals surface area contributed by atoms with Crippen LogP contribution in [0.15, 0.2) is 29.2 Å². The van der Waals surface area contributed by atoms with Crippen molar-refractivity contribution in [2.75, 3.05) is 20.6 Å². The molecular formula is C14H23N3O3S. The second-order valence-electron chi connectivity index (χ2n) is 5.16. The fourth-order valence-corrected chi connectivity index (χ4v) is 3.27. The van der Waals surface area contributed by atoms with E-state index >= 15 is 0 Å². The van der Waals surface area contributed by atoms with Crippen molar-refractivity contribution in [1.82, 2.24) is 9.62 Å². The number of carbonyl (C=O) groups excluding carboxylic acids is 1. The second kappa shape index (κ2) is 7.02. The molecule has 0 spiro atoms. The standard InChI is InChI=1S/C14H23N3O3S/c1-10(14(18)16-3)9-17(4)21(19,20)13-7-5-6-12(8-13)11(2)15/h5-8,10-11H,9,15H2,1-4H3,(H,16,18). The molecule has 0 radical (unpaired) electrons. The zero-order valence-electron chi connectivity index (χ0n) is 12.8. The van der Waals surface area contributed by atoms with E-state index in [2.05, 4.69) is 5.32 Å². The predicted molar refractivity (Wildman–Crippen MR) is 82.1 cm³/mol. The first-order valence-electron chi connectivity index (χ1n) is 6.73. The van der Waals surface area contributed by atoms with Crippen LogP contribution in [0.1, 0.15) is 25.5 Å². The van der Waals surface area contributed by atoms with Gasteiger partial charge in [0.15, 0.2) is 0 Å². The van der Waals surface area contributed by atoms with Crippen molar-refractivity contribution in [3.05, 3.63) is 29.8 Å². The highest BCUT2D eigenvalue weighted by molar-refractivity contribution is 7.89. The third-order valence-corrected chi connectivity index (χ3v) is 5.14. The quantitative estimate of drug-likeness (QED) is 0.809. The van der Waals surface area contributed by atoms with Crippen LogP contribution in [-0.4, -0.2) is 39.3 Å². The number of carbonyl (C=O) groups is 1. The molecule has 2 unspecified atom stereocenters. The largest absolute Gasteiger partial charge is 0.359 e. The molecule has 7 heteroatoms. The van der Waals surface area contributed by atoms with Crippen LogP contribution >= 0.6 is 0 Å². The molecule has 21 heavy (non-hydrogen) atoms. The van der Waals surface area contributed by atoms with E-state index in [-0.39, 0.29) is 23.4 Å². The average Bonchev–Trinajstić information content (AvgIpc) is 2.46. The third-order valence-electron chi connectivity index (χ3n) is 3.32. The summed E-state index contributed by atoms with van der Waals surface area (Å²) in [5.74, 6) is -0.618. The molecule has 0 heterocycles. The number of hydrogen-bond acceptors (Lipinski definition) is 4. The Bertz CT molecular complexity index is 599. The van der Waals surface area contributed by atoms with Crippen LogP contribution in [0.3, 0.4) is 0 Å². The molecule has 0 aliphatic rings. The van der Waals surface area contributed by atoms with Gasteiger partial charge in [-0.2, -0.15) is 0 Å². The number of nitrogens with zero attached hydrogens (tertiary/aromatic N) is 1. The van der Waals surface area contributed by atoms with E-state index in [4.69, 9.17) is 5.73 Å². The Morgan fingerprint density at radius 1 is 1.38 bits per heavy atom. The number of nitrogens with one attached hydrogen (secondary N) is 1. The number of hydrogen-bond donors (Lipinski definition) is 2. The van der Waals surface area contributed by atoms with Gasteiger partial charge in [0.1, 0.15) is 0 Å². The molecule has 0 aliphatic carbocycles. The van der Waals surface area contributed by atoms with Crippen molar-refractivity contribution >= 4 is 15.9 Å². The van der Waals surface area contributed by atoms with Gasteiger partial charge in [0.05, 0.1) is 4.90 Å². The van der Waals surface area contributed by atoms with Gasteiger partial charge in [0, 0.05) is 32.6 Å². The van der Waals surface area contributed by atoms with Crippen molar-refractivity contribution in [1.29, 1.82) is 0 Å². The lowest BCUT2D eigenvalue weighted by molar-refractivity contribution is -0.124. The minimum atomic E-state index is -3.63. The van der Waals surface area contributed by atoms with E-state index in [1.54, 1.807) is 32.0 Å². The van der Waals surface area contributed by atoms with E-state index in [1.807, 2.05) is 0 Å². The minimum Gasteiger partial charge on any atom is -0.359 e. The Kier molecular flexibility index (Phi) is 5.88. The van der Waals surface area contributed by atoms with Gasteiger partial charge in [-0.1, -0.05) is 19.1 Å². The number of rotatable bonds is 6. The number of sulfonamides is 1. The van der Waals surface area contributed by atoms with Gasteiger partial charge in [-0.05, 0) is 24.6 Å². The summed E-state index contributed by atoms with van der Waals surface area (Å²) >= 11 is 0. The van der Waals surface area contributed by atoms with Gasteiger partial charge in [-0.25, -0.2) is 12.7 Å². The highest BCUT2D eigenvalue weighted by atomic mass is 32.2. The maximum Gasteiger partial charge on any atom is 0.242 e. The highest BCUT2D eigenvalue weighted by Crippen LogP contribution is 2.19. The van der Waals surface area contributed by atoms with Gasteiger partial charge in [-0.15, -0.1) is 0 Å². The van der Waals surface area contributed by atoms with Crippen molar-refractivity contribution in [2.45, 2.75) is 24.8 Å². The molecule has 0 aromatic heterocycles. The Labute approximate surface area is 126 Å². The fraction of sp³-hybridized carbons (Fsp3) is 0.500. The molecule has 0 saturated carbocycles. The molecule has 6 nitrogen and oxygen atoms in total. The second-order valence-corrected chi connectivity index (χ2v) is 7.21. The zero-order chi connectivity index (χ0) is 16.2. The van der Waals surface area contributed by atoms with Crippen molar-refractivity contribution < 1.29 is 13.2 Å². The van der Waals surface area contributed by atoms with Crippen LogP contribution in [-0.2, 0) is 14.8 Å². The normalized spacial score (nSPS) is 14.8. The van der Waals surface area contributed by atoms with Gasteiger partial charge in [0.2, 0.25) is 15.9 Å². The third kappa shape index (κ3) is 4.26. The summed E-state index contributed by atoms with van der Waals surface area (Å²) in [6, 6.07) is 6.32. The van der Waals surface area contributed by atoms with E-state index in [0.717, 1.165) is 5.56 Å². The summed E-state index contributed by atoms with van der Waals surface area (Å²) in [6.07, 6.45) is 0. The summed E-state index contributed by atoms with van der Waals surface area (Å²) in [6.45, 7) is 3.59. The molecule has 1 aromatic rings. The highest BCUT2D eigenvalue weighted by Gasteiger charge is 2.25. The van der Waals surface area contributed by atoms with E-state index in [0.29, 0.717) is 0 Å². The van der Waals surface area contributed by atoms with Crippen LogP contribution in [0.25, 0.3) is 0 Å². The van der Waals surface area contributed by atoms with Crippen LogP contribution in [0, 0.1) is 5.92 Å². The topological polar surface area (TPSA) is 92.5 Å². The van der Waals surface area contributed by atoms with Gasteiger partial charge in [-0.3, -0.25) is 4.79 Å². The monoisotopic (exact) mass is 313 g/mol. The summed E-state index contributed by atoms with van der Waals surface area (Å²) in [5, 5.41) is 2.51. The Morgan fingerprint density at radius 2 is 2.00 bits per heavy atom. The smallest absolute Gasteiger partial charge is 0.242 e. The molecule has 2 atom stereocenters. The lowest BCUT2D eigenvalue weighted by Crippen LogP contribution is -2.37. The SMILES string of the molecule is CNC(=O)C(C)CN(C)S(=O)(=O)c1cccc(C(C)N)c1. The average molecular weight is 313 g/mol. The summed E-state index contributed by atoms with van der Waals surface area (Å²) in [7, 11) is -0.641. The molecule has 3 N–H and O–H groups in total. The van der Waals surface area contributed by atoms with Crippen molar-refractivity contribution in [3.63, 3.8) is 0 Å². The van der Waals surface area contributed by atoms with Crippen LogP contribution < -0.4 is 11.1 Å². The zero-order valence-corrected chi connectivity index (χ0v) is 13.6. The van der Waals surface area contributed by atoms with Crippen LogP contribution in [0.5, 0.6) is 0 Å². The maximum atomic E-state index is 12.5. The Hall–Kier alpha value is -1.44. The number of amides is 1. The first kappa shape index (κ1) is 17.6. The Balaban J connectivity index is 3.00. The fourth-order valence-electron chi connectivity index (χ4n) is 1.95. The van der Waals surface area contributed by atoms with Gasteiger partial charge >= 0.3 is 0 Å². The molecular weight excluding hydrogens is 290 g/mol. The van der Waals surface area contributed by atoms with Gasteiger partial charge in [0.25, 0.3) is 0 Å². The Morgan fingerprint density at radius 3 is 2.52 bits per heavy atom. The molecule has 118 valence electrons. The molecule has 1 amide bonds. The number of nitrogens with two attached hydrogens (primary N) is 1. The number of benzene rings is 1. The minimum absolute atomic E-state index is 0.115. The molecule has 0 bridgehead atoms. The van der Waals surface area contributed by atoms with Crippen molar-refractivity contribution in [2.24, 2.45) is 11.7 Å². The maximum absolute atomic E-state index is 12.5. The molecule has 0 fully saturated rings. The van der Waals surface area contributed by atoms with Crippen LogP contribution in [0.4, 0.5) is 0 Å². The lowest BCUT2D eigenvalue weighted by atomic mass is 10.1. The first-order valence-corrected chi connectivity index (χ1v) is 8.17. The molecule has 1 aromatic carbocycles. The molecule has 1 rings (SSSR count). The van der Waals surface area contributed by atoms with Gasteiger partial charge < -0.3 is 11.1 Å². The van der Waals surface area contributed by atoms with Crippen molar-refractivity contribution in [3.8, 4) is 0 Å². The first-order chi connectivity index (χ1) is 9.70. The summed E-state index contributed by atoms with van der Waals surface area (Å²) in [4.78, 5) is 11.7. The van der Waals surface area contributed by atoms with Crippen LogP contribution in [0.2, 0.25) is 0 Å². The predicted octanol–water partition coefficient (Wildman–Crippen LogP) is 0.709. The summed E-state index contributed by atoms with van der Waals surface area (Å²) < 4.78 is 26.2. The molecule has 0 aliphatic heterocycles. The van der Waals surface area contributed by atoms with E-state index < -0.39 is 15.9 Å². The lowest BCUT2D eigenvalue weighted by Gasteiger charge is -2.21. The summed E-state index contributed by atoms with van der Waals surface area (Å²) in [5.41, 5.74) is 6.53.